The number of aliphatic imine (C=N–C) groups is 1. The van der Waals surface area contributed by atoms with Crippen molar-refractivity contribution in [3.8, 4) is 0 Å². The zero-order valence-electron chi connectivity index (χ0n) is 15.0. The number of likely N-dealkylation sites (tertiary alicyclic amines) is 1. The van der Waals surface area contributed by atoms with Crippen molar-refractivity contribution in [2.75, 3.05) is 19.6 Å². The number of nitrogens with zero attached hydrogens (tertiary/aromatic N) is 4. The molecule has 138 valence electrons. The molecule has 2 N–H and O–H groups in total. The molecular formula is C19H25BrN6. The maximum atomic E-state index is 4.75. The highest BCUT2D eigenvalue weighted by atomic mass is 79.9. The molecule has 26 heavy (non-hydrogen) atoms. The number of hydrogen-bond donors (Lipinski definition) is 2. The van der Waals surface area contributed by atoms with Gasteiger partial charge in [-0.05, 0) is 43.9 Å². The lowest BCUT2D eigenvalue weighted by Crippen LogP contribution is -2.46. The number of nitrogens with one attached hydrogen (secondary N) is 2. The highest BCUT2D eigenvalue weighted by Crippen LogP contribution is 2.41. The Morgan fingerprint density at radius 3 is 2.73 bits per heavy atom. The quantitative estimate of drug-likeness (QED) is 0.592. The first kappa shape index (κ1) is 17.5. The first-order chi connectivity index (χ1) is 12.7. The van der Waals surface area contributed by atoms with Crippen LogP contribution in [0.4, 0.5) is 0 Å². The number of aromatic amines is 1. The molecule has 1 aliphatic heterocycles. The molecule has 0 bridgehead atoms. The molecule has 0 spiro atoms. The number of rotatable bonds is 4. The van der Waals surface area contributed by atoms with Gasteiger partial charge >= 0.3 is 0 Å². The van der Waals surface area contributed by atoms with E-state index in [1.54, 1.807) is 6.33 Å². The average Bonchev–Trinajstić information content (AvgIpc) is 3.21. The summed E-state index contributed by atoms with van der Waals surface area (Å²) in [5, 5.41) is 10.7. The largest absolute Gasteiger partial charge is 0.353 e. The van der Waals surface area contributed by atoms with Gasteiger partial charge in [-0.2, -0.15) is 5.10 Å². The van der Waals surface area contributed by atoms with E-state index in [-0.39, 0.29) is 0 Å². The second kappa shape index (κ2) is 7.78. The third-order valence-corrected chi connectivity index (χ3v) is 5.85. The maximum Gasteiger partial charge on any atom is 0.194 e. The number of piperidine rings is 1. The van der Waals surface area contributed by atoms with E-state index in [1.165, 1.54) is 12.0 Å². The van der Waals surface area contributed by atoms with Gasteiger partial charge in [0.1, 0.15) is 12.2 Å². The van der Waals surface area contributed by atoms with Gasteiger partial charge in [0, 0.05) is 42.0 Å². The summed E-state index contributed by atoms with van der Waals surface area (Å²) in [6, 6.07) is 9.18. The third kappa shape index (κ3) is 3.92. The molecule has 1 saturated carbocycles. The van der Waals surface area contributed by atoms with Crippen LogP contribution in [0.15, 0.2) is 40.1 Å². The summed E-state index contributed by atoms with van der Waals surface area (Å²) in [7, 11) is 0. The molecule has 1 aliphatic carbocycles. The van der Waals surface area contributed by atoms with Gasteiger partial charge in [-0.3, -0.25) is 10.1 Å². The van der Waals surface area contributed by atoms with E-state index in [2.05, 4.69) is 72.5 Å². The van der Waals surface area contributed by atoms with Crippen LogP contribution >= 0.6 is 15.9 Å². The van der Waals surface area contributed by atoms with Gasteiger partial charge in [0.15, 0.2) is 5.96 Å². The van der Waals surface area contributed by atoms with Crippen LogP contribution in [-0.4, -0.2) is 51.7 Å². The maximum absolute atomic E-state index is 4.75. The number of halogens is 1. The van der Waals surface area contributed by atoms with Crippen molar-refractivity contribution >= 4 is 21.9 Å². The Labute approximate surface area is 162 Å². The van der Waals surface area contributed by atoms with Crippen molar-refractivity contribution in [3.63, 3.8) is 0 Å². The van der Waals surface area contributed by atoms with Crippen LogP contribution in [0.1, 0.15) is 49.4 Å². The molecule has 1 saturated heterocycles. The summed E-state index contributed by atoms with van der Waals surface area (Å²) in [5.74, 6) is 3.15. The Hall–Kier alpha value is -1.89. The molecular weight excluding hydrogens is 392 g/mol. The molecule has 2 heterocycles. The summed E-state index contributed by atoms with van der Waals surface area (Å²) in [6.45, 7) is 4.92. The van der Waals surface area contributed by atoms with Gasteiger partial charge in [0.2, 0.25) is 0 Å². The van der Waals surface area contributed by atoms with Crippen molar-refractivity contribution in [2.45, 2.75) is 44.1 Å². The zero-order chi connectivity index (χ0) is 17.9. The Morgan fingerprint density at radius 1 is 1.31 bits per heavy atom. The first-order valence-electron chi connectivity index (χ1n) is 9.41. The van der Waals surface area contributed by atoms with Gasteiger partial charge < -0.3 is 10.2 Å². The molecule has 1 aromatic carbocycles. The van der Waals surface area contributed by atoms with Crippen LogP contribution in [-0.2, 0) is 0 Å². The van der Waals surface area contributed by atoms with Crippen molar-refractivity contribution in [2.24, 2.45) is 4.99 Å². The summed E-state index contributed by atoms with van der Waals surface area (Å²) in [5.41, 5.74) is 1.41. The van der Waals surface area contributed by atoms with Crippen LogP contribution in [0, 0.1) is 0 Å². The Balaban J connectivity index is 1.34. The fourth-order valence-electron chi connectivity index (χ4n) is 3.76. The molecule has 7 heteroatoms. The van der Waals surface area contributed by atoms with Gasteiger partial charge in [0.25, 0.3) is 0 Å². The van der Waals surface area contributed by atoms with Gasteiger partial charge in [-0.1, -0.05) is 28.1 Å². The lowest BCUT2D eigenvalue weighted by molar-refractivity contribution is 0.298. The van der Waals surface area contributed by atoms with Gasteiger partial charge in [0.05, 0.1) is 0 Å². The molecule has 2 atom stereocenters. The van der Waals surface area contributed by atoms with Crippen molar-refractivity contribution < 1.29 is 0 Å². The molecule has 6 nitrogen and oxygen atoms in total. The Bertz CT molecular complexity index is 734. The summed E-state index contributed by atoms with van der Waals surface area (Å²) < 4.78 is 1.13. The molecule has 2 aliphatic rings. The Morgan fingerprint density at radius 2 is 2.08 bits per heavy atom. The van der Waals surface area contributed by atoms with E-state index >= 15 is 0 Å². The number of H-pyrrole nitrogens is 1. The van der Waals surface area contributed by atoms with Crippen molar-refractivity contribution in [3.05, 3.63) is 46.5 Å². The molecule has 0 amide bonds. The highest BCUT2D eigenvalue weighted by Gasteiger charge is 2.40. The molecule has 2 fully saturated rings. The second-order valence-corrected chi connectivity index (χ2v) is 7.99. The van der Waals surface area contributed by atoms with E-state index < -0.39 is 0 Å². The van der Waals surface area contributed by atoms with E-state index in [0.717, 1.165) is 48.7 Å². The van der Waals surface area contributed by atoms with Crippen LogP contribution in [0.25, 0.3) is 0 Å². The number of guanidine groups is 1. The smallest absolute Gasteiger partial charge is 0.194 e. The number of hydrogen-bond acceptors (Lipinski definition) is 3. The predicted octanol–water partition coefficient (Wildman–Crippen LogP) is 3.27. The second-order valence-electron chi connectivity index (χ2n) is 7.07. The van der Waals surface area contributed by atoms with Gasteiger partial charge in [-0.25, -0.2) is 4.98 Å². The highest BCUT2D eigenvalue weighted by molar-refractivity contribution is 9.10. The number of aromatic nitrogens is 3. The van der Waals surface area contributed by atoms with Crippen LogP contribution in [0.5, 0.6) is 0 Å². The summed E-state index contributed by atoms with van der Waals surface area (Å²) in [6.07, 6.45) is 4.95. The minimum absolute atomic E-state index is 0.480. The lowest BCUT2D eigenvalue weighted by atomic mass is 9.96. The summed E-state index contributed by atoms with van der Waals surface area (Å²) >= 11 is 3.51. The Kier molecular flexibility index (Phi) is 5.24. The first-order valence-corrected chi connectivity index (χ1v) is 10.2. The van der Waals surface area contributed by atoms with E-state index in [0.29, 0.717) is 17.9 Å². The minimum atomic E-state index is 0.480. The minimum Gasteiger partial charge on any atom is -0.353 e. The zero-order valence-corrected chi connectivity index (χ0v) is 16.6. The van der Waals surface area contributed by atoms with Gasteiger partial charge in [-0.15, -0.1) is 0 Å². The SMILES string of the molecule is CCN=C(NC1CC1c1ccc(Br)cc1)N1CCC(c2ncn[nH]2)CC1. The van der Waals surface area contributed by atoms with Crippen LogP contribution in [0.3, 0.4) is 0 Å². The van der Waals surface area contributed by atoms with Crippen LogP contribution < -0.4 is 5.32 Å². The average molecular weight is 417 g/mol. The predicted molar refractivity (Wildman–Crippen MR) is 106 cm³/mol. The number of benzene rings is 1. The van der Waals surface area contributed by atoms with Crippen molar-refractivity contribution in [1.29, 1.82) is 0 Å². The monoisotopic (exact) mass is 416 g/mol. The molecule has 0 radical (unpaired) electrons. The molecule has 2 aromatic rings. The van der Waals surface area contributed by atoms with Crippen LogP contribution in [0.2, 0.25) is 0 Å². The third-order valence-electron chi connectivity index (χ3n) is 5.33. The van der Waals surface area contributed by atoms with E-state index in [4.69, 9.17) is 4.99 Å². The van der Waals surface area contributed by atoms with Crippen molar-refractivity contribution in [1.82, 2.24) is 25.4 Å². The topological polar surface area (TPSA) is 69.2 Å². The normalized spacial score (nSPS) is 23.9. The molecule has 1 aromatic heterocycles. The fraction of sp³-hybridized carbons (Fsp3) is 0.526. The lowest BCUT2D eigenvalue weighted by Gasteiger charge is -2.33. The molecule has 4 rings (SSSR count). The molecule has 2 unspecified atom stereocenters. The van der Waals surface area contributed by atoms with E-state index in [9.17, 15) is 0 Å². The standard InChI is InChI=1S/C19H25BrN6/c1-2-21-19(24-17-11-16(17)13-3-5-15(20)6-4-13)26-9-7-14(8-10-26)18-22-12-23-25-18/h3-6,12,14,16-17H,2,7-11H2,1H3,(H,21,24)(H,22,23,25). The fourth-order valence-corrected chi connectivity index (χ4v) is 4.03. The summed E-state index contributed by atoms with van der Waals surface area (Å²) in [4.78, 5) is 11.5. The van der Waals surface area contributed by atoms with E-state index in [1.807, 2.05) is 0 Å².